The lowest BCUT2D eigenvalue weighted by molar-refractivity contribution is -0.154. The molecule has 0 amide bonds. The fourth-order valence-electron chi connectivity index (χ4n) is 3.03. The number of methoxy groups -OCH3 is 1. The summed E-state index contributed by atoms with van der Waals surface area (Å²) in [5, 5.41) is 14.9. The van der Waals surface area contributed by atoms with Crippen LogP contribution >= 0.6 is 0 Å². The van der Waals surface area contributed by atoms with Gasteiger partial charge in [-0.1, -0.05) is 24.6 Å². The van der Waals surface area contributed by atoms with E-state index in [1.165, 1.54) is 0 Å². The number of ether oxygens (including phenoxy) is 1. The largest absolute Gasteiger partial charge is 0.497 e. The zero-order chi connectivity index (χ0) is 15.6. The quantitative estimate of drug-likeness (QED) is 0.860. The smallest absolute Gasteiger partial charge is 0.310 e. The maximum absolute atomic E-state index is 11.3. The second kappa shape index (κ2) is 5.97. The summed E-state index contributed by atoms with van der Waals surface area (Å²) in [6.45, 7) is 1.24. The number of rotatable bonds is 6. The minimum atomic E-state index is -0.670. The average Bonchev–Trinajstić information content (AvgIpc) is 2.48. The van der Waals surface area contributed by atoms with Crippen LogP contribution in [-0.4, -0.2) is 24.7 Å². The summed E-state index contributed by atoms with van der Waals surface area (Å²) < 4.78 is 5.23. The number of carboxylic acids is 1. The molecule has 2 aromatic rings. The van der Waals surface area contributed by atoms with Gasteiger partial charge in [-0.2, -0.15) is 0 Å². The first-order valence-electron chi connectivity index (χ1n) is 7.64. The van der Waals surface area contributed by atoms with Gasteiger partial charge in [-0.3, -0.25) is 4.79 Å². The molecule has 1 aliphatic carbocycles. The molecule has 0 unspecified atom stereocenters. The highest BCUT2D eigenvalue weighted by Crippen LogP contribution is 2.40. The molecule has 0 bridgehead atoms. The molecule has 116 valence electrons. The number of nitrogens with one attached hydrogen (secondary N) is 1. The van der Waals surface area contributed by atoms with E-state index in [2.05, 4.69) is 23.5 Å². The molecule has 0 saturated heterocycles. The molecule has 4 nitrogen and oxygen atoms in total. The van der Waals surface area contributed by atoms with Gasteiger partial charge in [-0.15, -0.1) is 0 Å². The van der Waals surface area contributed by atoms with Gasteiger partial charge in [-0.05, 0) is 47.4 Å². The van der Waals surface area contributed by atoms with Gasteiger partial charge in [0.25, 0.3) is 0 Å². The van der Waals surface area contributed by atoms with Gasteiger partial charge in [0, 0.05) is 13.1 Å². The second-order valence-corrected chi connectivity index (χ2v) is 6.09. The zero-order valence-corrected chi connectivity index (χ0v) is 12.8. The molecule has 1 saturated carbocycles. The molecule has 1 fully saturated rings. The van der Waals surface area contributed by atoms with Crippen molar-refractivity contribution in [1.29, 1.82) is 0 Å². The van der Waals surface area contributed by atoms with Crippen molar-refractivity contribution in [2.75, 3.05) is 13.7 Å². The molecular weight excluding hydrogens is 278 g/mol. The number of carbonyl (C=O) groups is 1. The Labute approximate surface area is 130 Å². The van der Waals surface area contributed by atoms with Crippen LogP contribution in [0.15, 0.2) is 36.4 Å². The minimum absolute atomic E-state index is 0.537. The number of aliphatic carboxylic acids is 1. The van der Waals surface area contributed by atoms with Crippen LogP contribution in [0.5, 0.6) is 5.75 Å². The molecule has 3 rings (SSSR count). The second-order valence-electron chi connectivity index (χ2n) is 6.09. The average molecular weight is 299 g/mol. The van der Waals surface area contributed by atoms with Crippen LogP contribution < -0.4 is 10.1 Å². The summed E-state index contributed by atoms with van der Waals surface area (Å²) in [6.07, 6.45) is 2.59. The number of hydrogen-bond donors (Lipinski definition) is 2. The molecule has 2 N–H and O–H groups in total. The van der Waals surface area contributed by atoms with Gasteiger partial charge in [0.2, 0.25) is 0 Å². The van der Waals surface area contributed by atoms with E-state index in [0.717, 1.165) is 41.3 Å². The van der Waals surface area contributed by atoms with Crippen LogP contribution in [-0.2, 0) is 11.3 Å². The van der Waals surface area contributed by atoms with Crippen molar-refractivity contribution in [1.82, 2.24) is 5.32 Å². The molecule has 2 aromatic carbocycles. The van der Waals surface area contributed by atoms with E-state index < -0.39 is 11.4 Å². The summed E-state index contributed by atoms with van der Waals surface area (Å²) in [6, 6.07) is 12.3. The van der Waals surface area contributed by atoms with Crippen LogP contribution in [0.2, 0.25) is 0 Å². The van der Waals surface area contributed by atoms with Gasteiger partial charge < -0.3 is 15.2 Å². The molecule has 0 spiro atoms. The van der Waals surface area contributed by atoms with E-state index in [0.29, 0.717) is 13.1 Å². The lowest BCUT2D eigenvalue weighted by Crippen LogP contribution is -2.45. The third-order valence-electron chi connectivity index (χ3n) is 4.67. The maximum atomic E-state index is 11.3. The topological polar surface area (TPSA) is 58.6 Å². The van der Waals surface area contributed by atoms with Gasteiger partial charge >= 0.3 is 5.97 Å². The van der Waals surface area contributed by atoms with Gasteiger partial charge in [-0.25, -0.2) is 0 Å². The Hall–Kier alpha value is -2.07. The minimum Gasteiger partial charge on any atom is -0.497 e. The Balaban J connectivity index is 1.65. The van der Waals surface area contributed by atoms with Crippen molar-refractivity contribution >= 4 is 16.7 Å². The third kappa shape index (κ3) is 2.79. The SMILES string of the molecule is COc1ccc2cc(CNCC3(C(=O)O)CCC3)ccc2c1. The standard InChI is InChI=1S/C18H21NO3/c1-22-16-6-5-14-9-13(3-4-15(14)10-16)11-19-12-18(17(20)21)7-2-8-18/h3-6,9-10,19H,2,7-8,11-12H2,1H3,(H,20,21). The van der Waals surface area contributed by atoms with E-state index in [9.17, 15) is 9.90 Å². The van der Waals surface area contributed by atoms with Crippen LogP contribution in [0.25, 0.3) is 10.8 Å². The van der Waals surface area contributed by atoms with Gasteiger partial charge in [0.05, 0.1) is 12.5 Å². The third-order valence-corrected chi connectivity index (χ3v) is 4.67. The van der Waals surface area contributed by atoms with Crippen LogP contribution in [0.4, 0.5) is 0 Å². The summed E-state index contributed by atoms with van der Waals surface area (Å²) in [5.41, 5.74) is 0.627. The lowest BCUT2D eigenvalue weighted by Gasteiger charge is -2.37. The first-order valence-corrected chi connectivity index (χ1v) is 7.64. The molecule has 0 heterocycles. The highest BCUT2D eigenvalue weighted by atomic mass is 16.5. The van der Waals surface area contributed by atoms with Gasteiger partial charge in [0.15, 0.2) is 0 Å². The first-order chi connectivity index (χ1) is 10.6. The van der Waals surface area contributed by atoms with Crippen molar-refractivity contribution < 1.29 is 14.6 Å². The number of benzene rings is 2. The Morgan fingerprint density at radius 2 is 1.95 bits per heavy atom. The fraction of sp³-hybridized carbons (Fsp3) is 0.389. The summed E-state index contributed by atoms with van der Waals surface area (Å²) in [7, 11) is 1.66. The Morgan fingerprint density at radius 3 is 2.59 bits per heavy atom. The van der Waals surface area contributed by atoms with Crippen LogP contribution in [0, 0.1) is 5.41 Å². The van der Waals surface area contributed by atoms with Crippen LogP contribution in [0.3, 0.4) is 0 Å². The number of carboxylic acid groups (broad SMARTS) is 1. The molecular formula is C18H21NO3. The predicted molar refractivity (Wildman–Crippen MR) is 86.1 cm³/mol. The van der Waals surface area contributed by atoms with Crippen molar-refractivity contribution in [2.45, 2.75) is 25.8 Å². The van der Waals surface area contributed by atoms with Crippen molar-refractivity contribution in [3.63, 3.8) is 0 Å². The first kappa shape index (κ1) is 14.9. The van der Waals surface area contributed by atoms with Crippen LogP contribution in [0.1, 0.15) is 24.8 Å². The lowest BCUT2D eigenvalue weighted by atomic mass is 9.69. The highest BCUT2D eigenvalue weighted by molar-refractivity contribution is 5.84. The van der Waals surface area contributed by atoms with Crippen molar-refractivity contribution in [2.24, 2.45) is 5.41 Å². The van der Waals surface area contributed by atoms with Gasteiger partial charge in [0.1, 0.15) is 5.75 Å². The van der Waals surface area contributed by atoms with Crippen molar-refractivity contribution in [3.8, 4) is 5.75 Å². The monoisotopic (exact) mass is 299 g/mol. The molecule has 0 aromatic heterocycles. The maximum Gasteiger partial charge on any atom is 0.310 e. The zero-order valence-electron chi connectivity index (χ0n) is 12.8. The van der Waals surface area contributed by atoms with E-state index in [4.69, 9.17) is 4.74 Å². The fourth-order valence-corrected chi connectivity index (χ4v) is 3.03. The molecule has 1 aliphatic rings. The molecule has 22 heavy (non-hydrogen) atoms. The normalized spacial score (nSPS) is 16.2. The summed E-state index contributed by atoms with van der Waals surface area (Å²) in [5.74, 6) is 0.184. The molecule has 0 atom stereocenters. The van der Waals surface area contributed by atoms with Crippen molar-refractivity contribution in [3.05, 3.63) is 42.0 Å². The van der Waals surface area contributed by atoms with E-state index in [1.54, 1.807) is 7.11 Å². The van der Waals surface area contributed by atoms with E-state index in [1.807, 2.05) is 18.2 Å². The van der Waals surface area contributed by atoms with E-state index >= 15 is 0 Å². The molecule has 0 radical (unpaired) electrons. The van der Waals surface area contributed by atoms with E-state index in [-0.39, 0.29) is 0 Å². The molecule has 4 heteroatoms. The predicted octanol–water partition coefficient (Wildman–Crippen LogP) is 3.19. The number of fused-ring (bicyclic) bond motifs is 1. The Kier molecular flexibility index (Phi) is 4.03. The molecule has 0 aliphatic heterocycles. The highest BCUT2D eigenvalue weighted by Gasteiger charge is 2.43. The summed E-state index contributed by atoms with van der Waals surface area (Å²) in [4.78, 5) is 11.3. The summed E-state index contributed by atoms with van der Waals surface area (Å²) >= 11 is 0. The Morgan fingerprint density at radius 1 is 1.23 bits per heavy atom. The Bertz CT molecular complexity index is 692. The number of hydrogen-bond acceptors (Lipinski definition) is 3.